The van der Waals surface area contributed by atoms with Crippen molar-refractivity contribution in [1.29, 1.82) is 0 Å². The minimum atomic E-state index is -2.61. The number of hydrogen-bond donors (Lipinski definition) is 1. The Labute approximate surface area is 299 Å². The molecule has 0 saturated carbocycles. The predicted molar refractivity (Wildman–Crippen MR) is 218 cm³/mol. The quantitative estimate of drug-likeness (QED) is 0.129. The summed E-state index contributed by atoms with van der Waals surface area (Å²) in [6.45, 7) is 0. The van der Waals surface area contributed by atoms with Crippen molar-refractivity contribution in [3.8, 4) is 22.3 Å². The van der Waals surface area contributed by atoms with E-state index in [1.54, 1.807) is 0 Å². The fraction of sp³-hybridized carbons (Fsp3) is 0. The van der Waals surface area contributed by atoms with Gasteiger partial charge in [0.1, 0.15) is 11.2 Å². The number of anilines is 2. The summed E-state index contributed by atoms with van der Waals surface area (Å²) in [6.07, 6.45) is 0. The number of nitrogens with one attached hydrogen (secondary N) is 1. The number of benzene rings is 8. The number of fused-ring (bicyclic) bond motifs is 3. The first kappa shape index (κ1) is 30.6. The molecule has 0 aliphatic heterocycles. The Morgan fingerprint density at radius 1 is 0.314 bits per heavy atom. The molecule has 9 aromatic rings. The van der Waals surface area contributed by atoms with Crippen LogP contribution in [-0.4, -0.2) is 8.07 Å². The van der Waals surface area contributed by atoms with Crippen LogP contribution in [0, 0.1) is 0 Å². The molecular weight excluding hydrogens is 635 g/mol. The van der Waals surface area contributed by atoms with E-state index in [1.807, 2.05) is 6.07 Å². The van der Waals surface area contributed by atoms with Gasteiger partial charge in [-0.25, -0.2) is 0 Å². The summed E-state index contributed by atoms with van der Waals surface area (Å²) in [5.41, 5.74) is 8.61. The molecule has 3 heteroatoms. The number of furan rings is 1. The van der Waals surface area contributed by atoms with Gasteiger partial charge in [-0.05, 0) is 85.5 Å². The van der Waals surface area contributed by atoms with Crippen molar-refractivity contribution < 1.29 is 4.42 Å². The molecule has 0 radical (unpaired) electrons. The van der Waals surface area contributed by atoms with E-state index in [1.165, 1.54) is 43.0 Å². The first-order valence-corrected chi connectivity index (χ1v) is 19.4. The van der Waals surface area contributed by atoms with Crippen LogP contribution in [0.15, 0.2) is 211 Å². The average Bonchev–Trinajstić information content (AvgIpc) is 3.57. The molecule has 0 bridgehead atoms. The fourth-order valence-electron chi connectivity index (χ4n) is 7.57. The molecule has 1 aromatic heterocycles. The normalized spacial score (nSPS) is 11.5. The standard InChI is InChI=1S/C48H35NOSi/c1-5-14-35(15-6-1)38-26-30-47-45(33-38)46-34-40(29-31-48(46)50-47)49-39-27-24-36(25-28-39)37-16-13-23-44(32-37)51(41-17-7-2-8-18-41,42-19-9-3-10-20-42)43-21-11-4-12-22-43/h1-34,49H. The van der Waals surface area contributed by atoms with Crippen molar-refractivity contribution in [1.82, 2.24) is 0 Å². The zero-order valence-corrected chi connectivity index (χ0v) is 29.0. The van der Waals surface area contributed by atoms with Crippen LogP contribution in [0.3, 0.4) is 0 Å². The van der Waals surface area contributed by atoms with Crippen LogP contribution in [0.5, 0.6) is 0 Å². The van der Waals surface area contributed by atoms with Gasteiger partial charge < -0.3 is 9.73 Å². The minimum absolute atomic E-state index is 0.886. The Morgan fingerprint density at radius 2 is 0.745 bits per heavy atom. The average molecular weight is 670 g/mol. The third-order valence-electron chi connectivity index (χ3n) is 10.00. The summed E-state index contributed by atoms with van der Waals surface area (Å²) in [4.78, 5) is 0. The van der Waals surface area contributed by atoms with Crippen LogP contribution in [0.4, 0.5) is 11.4 Å². The van der Waals surface area contributed by atoms with Crippen molar-refractivity contribution in [3.63, 3.8) is 0 Å². The molecule has 0 spiro atoms. The van der Waals surface area contributed by atoms with Crippen LogP contribution < -0.4 is 26.1 Å². The molecule has 9 rings (SSSR count). The van der Waals surface area contributed by atoms with E-state index in [2.05, 4.69) is 206 Å². The predicted octanol–water partition coefficient (Wildman–Crippen LogP) is 10.0. The Morgan fingerprint density at radius 3 is 1.35 bits per heavy atom. The van der Waals surface area contributed by atoms with E-state index in [9.17, 15) is 0 Å². The van der Waals surface area contributed by atoms with Crippen LogP contribution in [-0.2, 0) is 0 Å². The van der Waals surface area contributed by atoms with Crippen LogP contribution in [0.2, 0.25) is 0 Å². The van der Waals surface area contributed by atoms with E-state index in [4.69, 9.17) is 4.42 Å². The van der Waals surface area contributed by atoms with E-state index in [0.29, 0.717) is 0 Å². The van der Waals surface area contributed by atoms with Gasteiger partial charge in [0.25, 0.3) is 0 Å². The highest BCUT2D eigenvalue weighted by Crippen LogP contribution is 2.34. The third-order valence-corrected chi connectivity index (χ3v) is 14.8. The zero-order valence-electron chi connectivity index (χ0n) is 28.0. The largest absolute Gasteiger partial charge is 0.456 e. The van der Waals surface area contributed by atoms with E-state index in [-0.39, 0.29) is 0 Å². The summed E-state index contributed by atoms with van der Waals surface area (Å²) in [6, 6.07) is 74.5. The zero-order chi connectivity index (χ0) is 34.0. The van der Waals surface area contributed by atoms with Crippen LogP contribution in [0.25, 0.3) is 44.2 Å². The summed E-state index contributed by atoms with van der Waals surface area (Å²) in [5, 5.41) is 11.3. The second-order valence-corrected chi connectivity index (χ2v) is 16.8. The molecule has 0 fully saturated rings. The summed E-state index contributed by atoms with van der Waals surface area (Å²) in [5.74, 6) is 0. The highest BCUT2D eigenvalue weighted by molar-refractivity contribution is 7.19. The van der Waals surface area contributed by atoms with Crippen molar-refractivity contribution in [2.45, 2.75) is 0 Å². The molecule has 0 aliphatic carbocycles. The van der Waals surface area contributed by atoms with Gasteiger partial charge in [-0.2, -0.15) is 0 Å². The van der Waals surface area contributed by atoms with Crippen molar-refractivity contribution >= 4 is 62.1 Å². The monoisotopic (exact) mass is 669 g/mol. The molecule has 242 valence electrons. The van der Waals surface area contributed by atoms with Gasteiger partial charge in [0, 0.05) is 22.1 Å². The highest BCUT2D eigenvalue weighted by atomic mass is 28.3. The molecule has 2 nitrogen and oxygen atoms in total. The lowest BCUT2D eigenvalue weighted by molar-refractivity contribution is 0.669. The maximum absolute atomic E-state index is 6.21. The molecular formula is C48H35NOSi. The van der Waals surface area contributed by atoms with E-state index in [0.717, 1.165) is 33.3 Å². The molecule has 51 heavy (non-hydrogen) atoms. The second-order valence-electron chi connectivity index (χ2n) is 13.0. The van der Waals surface area contributed by atoms with Gasteiger partial charge in [-0.15, -0.1) is 0 Å². The molecule has 8 aromatic carbocycles. The van der Waals surface area contributed by atoms with Gasteiger partial charge >= 0.3 is 0 Å². The van der Waals surface area contributed by atoms with Crippen molar-refractivity contribution in [2.24, 2.45) is 0 Å². The topological polar surface area (TPSA) is 25.2 Å². The SMILES string of the molecule is c1ccc(-c2ccc3oc4ccc(Nc5ccc(-c6cccc([Si](c7ccccc7)(c7ccccc7)c7ccccc7)c6)cc5)cc4c3c2)cc1. The van der Waals surface area contributed by atoms with Crippen LogP contribution in [0.1, 0.15) is 0 Å². The van der Waals surface area contributed by atoms with Gasteiger partial charge in [0.05, 0.1) is 0 Å². The highest BCUT2D eigenvalue weighted by Gasteiger charge is 2.41. The molecule has 0 saturated heterocycles. The Bertz CT molecular complexity index is 2480. The summed E-state index contributed by atoms with van der Waals surface area (Å²) < 4.78 is 6.21. The van der Waals surface area contributed by atoms with Crippen molar-refractivity contribution in [2.75, 3.05) is 5.32 Å². The first-order chi connectivity index (χ1) is 25.3. The van der Waals surface area contributed by atoms with E-state index >= 15 is 0 Å². The maximum Gasteiger partial charge on any atom is 0.179 e. The summed E-state index contributed by atoms with van der Waals surface area (Å²) in [7, 11) is -2.61. The lowest BCUT2D eigenvalue weighted by atomic mass is 10.0. The van der Waals surface area contributed by atoms with Gasteiger partial charge in [0.15, 0.2) is 8.07 Å². The maximum atomic E-state index is 6.21. The molecule has 0 aliphatic rings. The number of hydrogen-bond acceptors (Lipinski definition) is 2. The van der Waals surface area contributed by atoms with Gasteiger partial charge in [0.2, 0.25) is 0 Å². The Hall–Kier alpha value is -6.42. The molecule has 0 amide bonds. The van der Waals surface area contributed by atoms with Crippen LogP contribution >= 0.6 is 0 Å². The van der Waals surface area contributed by atoms with E-state index < -0.39 is 8.07 Å². The molecule has 1 N–H and O–H groups in total. The molecule has 1 heterocycles. The lowest BCUT2D eigenvalue weighted by Gasteiger charge is -2.34. The lowest BCUT2D eigenvalue weighted by Crippen LogP contribution is -2.74. The fourth-order valence-corrected chi connectivity index (χ4v) is 12.4. The third kappa shape index (κ3) is 5.64. The minimum Gasteiger partial charge on any atom is -0.456 e. The Kier molecular flexibility index (Phi) is 7.88. The summed E-state index contributed by atoms with van der Waals surface area (Å²) >= 11 is 0. The molecule has 0 unspecified atom stereocenters. The first-order valence-electron chi connectivity index (χ1n) is 17.4. The van der Waals surface area contributed by atoms with Gasteiger partial charge in [-0.1, -0.05) is 164 Å². The van der Waals surface area contributed by atoms with Gasteiger partial charge in [-0.3, -0.25) is 0 Å². The second kappa shape index (κ2) is 13.1. The smallest absolute Gasteiger partial charge is 0.179 e. The molecule has 0 atom stereocenters. The number of rotatable bonds is 8. The van der Waals surface area contributed by atoms with Crippen molar-refractivity contribution in [3.05, 3.63) is 206 Å². The Balaban J connectivity index is 1.06.